The molecule has 0 atom stereocenters. The summed E-state index contributed by atoms with van der Waals surface area (Å²) in [5.41, 5.74) is -0.466. The van der Waals surface area contributed by atoms with Gasteiger partial charge in [0.2, 0.25) is 5.91 Å². The van der Waals surface area contributed by atoms with E-state index in [1.807, 2.05) is 34.6 Å². The zero-order valence-corrected chi connectivity index (χ0v) is 12.5. The molecule has 6 heteroatoms. The highest BCUT2D eigenvalue weighted by atomic mass is 19.4. The minimum Gasteiger partial charge on any atom is -0.340 e. The fourth-order valence-electron chi connectivity index (χ4n) is 1.84. The predicted octanol–water partition coefficient (Wildman–Crippen LogP) is 2.77. The van der Waals surface area contributed by atoms with E-state index in [9.17, 15) is 18.0 Å². The molecule has 114 valence electrons. The van der Waals surface area contributed by atoms with Crippen LogP contribution in [0.3, 0.4) is 0 Å². The summed E-state index contributed by atoms with van der Waals surface area (Å²) in [5.74, 6) is 0.00385. The van der Waals surface area contributed by atoms with Crippen LogP contribution < -0.4 is 0 Å². The zero-order chi connectivity index (χ0) is 15.3. The SMILES string of the molecule is CC.CC(C)(C)C(=O)N1CCN(CC(F)(F)F)CC1. The predicted molar refractivity (Wildman–Crippen MR) is 69.9 cm³/mol. The second-order valence-corrected chi connectivity index (χ2v) is 5.43. The number of alkyl halides is 3. The molecule has 0 bridgehead atoms. The first-order valence-corrected chi connectivity index (χ1v) is 6.68. The van der Waals surface area contributed by atoms with Crippen molar-refractivity contribution in [2.24, 2.45) is 5.41 Å². The van der Waals surface area contributed by atoms with E-state index in [-0.39, 0.29) is 5.91 Å². The lowest BCUT2D eigenvalue weighted by Gasteiger charge is -2.37. The van der Waals surface area contributed by atoms with Gasteiger partial charge >= 0.3 is 6.18 Å². The van der Waals surface area contributed by atoms with Gasteiger partial charge in [-0.2, -0.15) is 13.2 Å². The molecule has 0 unspecified atom stereocenters. The maximum Gasteiger partial charge on any atom is 0.401 e. The van der Waals surface area contributed by atoms with Gasteiger partial charge in [0.15, 0.2) is 0 Å². The molecule has 1 saturated heterocycles. The van der Waals surface area contributed by atoms with Crippen molar-refractivity contribution >= 4 is 5.91 Å². The molecule has 1 fully saturated rings. The Kier molecular flexibility index (Phi) is 6.83. The van der Waals surface area contributed by atoms with E-state index in [0.29, 0.717) is 26.2 Å². The maximum atomic E-state index is 12.2. The lowest BCUT2D eigenvalue weighted by molar-refractivity contribution is -0.154. The van der Waals surface area contributed by atoms with Crippen molar-refractivity contribution in [3.63, 3.8) is 0 Å². The minimum atomic E-state index is -4.16. The molecule has 0 radical (unpaired) electrons. The number of halogens is 3. The molecule has 0 saturated carbocycles. The van der Waals surface area contributed by atoms with E-state index in [1.165, 1.54) is 4.90 Å². The number of carbonyl (C=O) groups is 1. The topological polar surface area (TPSA) is 23.6 Å². The highest BCUT2D eigenvalue weighted by Gasteiger charge is 2.34. The summed E-state index contributed by atoms with van der Waals surface area (Å²) in [4.78, 5) is 14.9. The lowest BCUT2D eigenvalue weighted by atomic mass is 9.94. The smallest absolute Gasteiger partial charge is 0.340 e. The highest BCUT2D eigenvalue weighted by Crippen LogP contribution is 2.20. The van der Waals surface area contributed by atoms with Gasteiger partial charge in [-0.25, -0.2) is 0 Å². The van der Waals surface area contributed by atoms with Crippen LogP contribution in [0.1, 0.15) is 34.6 Å². The molecule has 0 spiro atoms. The Morgan fingerprint density at radius 3 is 1.74 bits per heavy atom. The Labute approximate surface area is 113 Å². The molecule has 1 heterocycles. The first-order chi connectivity index (χ1) is 8.59. The molecule has 19 heavy (non-hydrogen) atoms. The molecule has 0 aromatic heterocycles. The summed E-state index contributed by atoms with van der Waals surface area (Å²) in [6, 6.07) is 0. The Hall–Kier alpha value is -0.780. The molecule has 1 amide bonds. The van der Waals surface area contributed by atoms with Crippen LogP contribution in [-0.4, -0.2) is 54.6 Å². The zero-order valence-electron chi connectivity index (χ0n) is 12.5. The fourth-order valence-corrected chi connectivity index (χ4v) is 1.84. The summed E-state index contributed by atoms with van der Waals surface area (Å²) in [5, 5.41) is 0. The van der Waals surface area contributed by atoms with Gasteiger partial charge in [0, 0.05) is 31.6 Å². The fraction of sp³-hybridized carbons (Fsp3) is 0.923. The van der Waals surface area contributed by atoms with Crippen LogP contribution in [0.4, 0.5) is 13.2 Å². The van der Waals surface area contributed by atoms with Gasteiger partial charge in [-0.15, -0.1) is 0 Å². The number of rotatable bonds is 1. The Morgan fingerprint density at radius 1 is 1.00 bits per heavy atom. The van der Waals surface area contributed by atoms with Gasteiger partial charge in [-0.05, 0) is 0 Å². The average Bonchev–Trinajstić information content (AvgIpc) is 2.28. The van der Waals surface area contributed by atoms with Crippen LogP contribution in [0.25, 0.3) is 0 Å². The van der Waals surface area contributed by atoms with Crippen molar-refractivity contribution < 1.29 is 18.0 Å². The molecule has 0 aromatic rings. The molecule has 0 N–H and O–H groups in total. The van der Waals surface area contributed by atoms with Gasteiger partial charge < -0.3 is 4.90 Å². The van der Waals surface area contributed by atoms with E-state index in [1.54, 1.807) is 4.90 Å². The Balaban J connectivity index is 0.00000154. The van der Waals surface area contributed by atoms with E-state index in [4.69, 9.17) is 0 Å². The standard InChI is InChI=1S/C11H19F3N2O.C2H6/c1-10(2,3)9(17)16-6-4-15(5-7-16)8-11(12,13)14;1-2/h4-8H2,1-3H3;1-2H3. The molecule has 3 nitrogen and oxygen atoms in total. The van der Waals surface area contributed by atoms with Crippen LogP contribution in [0.5, 0.6) is 0 Å². The van der Waals surface area contributed by atoms with Crippen molar-refractivity contribution in [1.29, 1.82) is 0 Å². The number of hydrogen-bond acceptors (Lipinski definition) is 2. The van der Waals surface area contributed by atoms with Crippen molar-refractivity contribution in [1.82, 2.24) is 9.80 Å². The van der Waals surface area contributed by atoms with E-state index in [2.05, 4.69) is 0 Å². The molecule has 0 aliphatic carbocycles. The van der Waals surface area contributed by atoms with Gasteiger partial charge in [0.25, 0.3) is 0 Å². The van der Waals surface area contributed by atoms with Gasteiger partial charge in [0.05, 0.1) is 6.54 Å². The van der Waals surface area contributed by atoms with E-state index in [0.717, 1.165) is 0 Å². The first-order valence-electron chi connectivity index (χ1n) is 6.68. The lowest BCUT2D eigenvalue weighted by Crippen LogP contribution is -2.53. The molecular formula is C13H25F3N2O. The number of amides is 1. The molecule has 1 rings (SSSR count). The third-order valence-corrected chi connectivity index (χ3v) is 2.70. The molecule has 0 aromatic carbocycles. The van der Waals surface area contributed by atoms with Crippen LogP contribution in [0, 0.1) is 5.41 Å². The van der Waals surface area contributed by atoms with Crippen molar-refractivity contribution in [2.75, 3.05) is 32.7 Å². The van der Waals surface area contributed by atoms with Crippen molar-refractivity contribution in [3.05, 3.63) is 0 Å². The number of piperazine rings is 1. The number of carbonyl (C=O) groups excluding carboxylic acids is 1. The molecular weight excluding hydrogens is 257 g/mol. The van der Waals surface area contributed by atoms with Gasteiger partial charge in [-0.1, -0.05) is 34.6 Å². The summed E-state index contributed by atoms with van der Waals surface area (Å²) in [6.07, 6.45) is -4.16. The van der Waals surface area contributed by atoms with E-state index >= 15 is 0 Å². The monoisotopic (exact) mass is 282 g/mol. The van der Waals surface area contributed by atoms with Crippen molar-refractivity contribution in [2.45, 2.75) is 40.8 Å². The van der Waals surface area contributed by atoms with Crippen LogP contribution in [0.15, 0.2) is 0 Å². The van der Waals surface area contributed by atoms with Crippen LogP contribution in [-0.2, 0) is 4.79 Å². The van der Waals surface area contributed by atoms with Crippen LogP contribution >= 0.6 is 0 Å². The Bertz CT molecular complexity index is 277. The third-order valence-electron chi connectivity index (χ3n) is 2.70. The maximum absolute atomic E-state index is 12.2. The Morgan fingerprint density at radius 2 is 1.42 bits per heavy atom. The third kappa shape index (κ3) is 6.80. The normalized spacial score (nSPS) is 17.8. The summed E-state index contributed by atoms with van der Waals surface area (Å²) >= 11 is 0. The second kappa shape index (κ2) is 7.12. The number of hydrogen-bond donors (Lipinski definition) is 0. The minimum absolute atomic E-state index is 0.00385. The molecule has 1 aliphatic heterocycles. The first kappa shape index (κ1) is 18.2. The summed E-state index contributed by atoms with van der Waals surface area (Å²) in [7, 11) is 0. The summed E-state index contributed by atoms with van der Waals surface area (Å²) in [6.45, 7) is 9.91. The van der Waals surface area contributed by atoms with Gasteiger partial charge in [-0.3, -0.25) is 9.69 Å². The largest absolute Gasteiger partial charge is 0.401 e. The van der Waals surface area contributed by atoms with Crippen molar-refractivity contribution in [3.8, 4) is 0 Å². The highest BCUT2D eigenvalue weighted by molar-refractivity contribution is 5.81. The van der Waals surface area contributed by atoms with Crippen LogP contribution in [0.2, 0.25) is 0 Å². The molecule has 1 aliphatic rings. The second-order valence-electron chi connectivity index (χ2n) is 5.43. The quantitative estimate of drug-likeness (QED) is 0.738. The van der Waals surface area contributed by atoms with E-state index < -0.39 is 18.1 Å². The number of nitrogens with zero attached hydrogens (tertiary/aromatic N) is 2. The van der Waals surface area contributed by atoms with Gasteiger partial charge in [0.1, 0.15) is 0 Å². The average molecular weight is 282 g/mol. The summed E-state index contributed by atoms with van der Waals surface area (Å²) < 4.78 is 36.5.